The van der Waals surface area contributed by atoms with E-state index in [0.717, 1.165) is 11.3 Å². The van der Waals surface area contributed by atoms with Gasteiger partial charge in [0.2, 0.25) is 0 Å². The first-order chi connectivity index (χ1) is 10.5. The van der Waals surface area contributed by atoms with Crippen molar-refractivity contribution >= 4 is 5.96 Å². The van der Waals surface area contributed by atoms with E-state index in [2.05, 4.69) is 15.6 Å². The molecule has 2 N–H and O–H groups in total. The molecule has 0 fully saturated rings. The number of benzene rings is 1. The van der Waals surface area contributed by atoms with E-state index in [0.29, 0.717) is 25.5 Å². The van der Waals surface area contributed by atoms with Crippen LogP contribution in [-0.2, 0) is 6.42 Å². The number of methoxy groups -OCH3 is 1. The third-order valence-corrected chi connectivity index (χ3v) is 2.89. The maximum Gasteiger partial charge on any atom is 0.390 e. The standard InChI is InChI=1S/C15H22F3N3O/c1-3-19-14(21-11-9-15(16,17)18)20-10-8-12-6-4-5-7-13(12)22-2/h4-7H,3,8-11H2,1-2H3,(H2,19,20,21). The summed E-state index contributed by atoms with van der Waals surface area (Å²) in [4.78, 5) is 3.92. The van der Waals surface area contributed by atoms with Gasteiger partial charge in [-0.25, -0.2) is 0 Å². The predicted molar refractivity (Wildman–Crippen MR) is 81.4 cm³/mol. The molecular weight excluding hydrogens is 295 g/mol. The lowest BCUT2D eigenvalue weighted by molar-refractivity contribution is -0.132. The van der Waals surface area contributed by atoms with Crippen LogP contribution in [0, 0.1) is 0 Å². The molecule has 0 atom stereocenters. The van der Waals surface area contributed by atoms with E-state index in [4.69, 9.17) is 4.74 Å². The van der Waals surface area contributed by atoms with Crippen molar-refractivity contribution in [3.8, 4) is 5.75 Å². The van der Waals surface area contributed by atoms with Crippen molar-refractivity contribution < 1.29 is 17.9 Å². The first kappa shape index (κ1) is 18.1. The highest BCUT2D eigenvalue weighted by molar-refractivity contribution is 5.79. The Kier molecular flexibility index (Phi) is 7.56. The minimum atomic E-state index is -4.18. The maximum absolute atomic E-state index is 12.1. The molecule has 0 unspecified atom stereocenters. The fourth-order valence-electron chi connectivity index (χ4n) is 1.86. The summed E-state index contributed by atoms with van der Waals surface area (Å²) in [5.74, 6) is 1.19. The van der Waals surface area contributed by atoms with Gasteiger partial charge in [-0.1, -0.05) is 18.2 Å². The summed E-state index contributed by atoms with van der Waals surface area (Å²) in [7, 11) is 1.61. The number of ether oxygens (including phenoxy) is 1. The van der Waals surface area contributed by atoms with E-state index >= 15 is 0 Å². The Bertz CT molecular complexity index is 475. The summed E-state index contributed by atoms with van der Waals surface area (Å²) < 4.78 is 41.6. The molecule has 0 aliphatic carbocycles. The van der Waals surface area contributed by atoms with Gasteiger partial charge < -0.3 is 15.4 Å². The number of para-hydroxylation sites is 1. The molecule has 0 spiro atoms. The summed E-state index contributed by atoms with van der Waals surface area (Å²) in [5, 5.41) is 5.95. The van der Waals surface area contributed by atoms with Crippen LogP contribution in [0.15, 0.2) is 29.3 Å². The number of hydrogen-bond donors (Lipinski definition) is 2. The average molecular weight is 317 g/mol. The van der Waals surface area contributed by atoms with Crippen molar-refractivity contribution in [2.45, 2.75) is 25.9 Å². The van der Waals surface area contributed by atoms with Crippen molar-refractivity contribution in [3.05, 3.63) is 29.8 Å². The van der Waals surface area contributed by atoms with Gasteiger partial charge in [0.15, 0.2) is 5.96 Å². The maximum atomic E-state index is 12.1. The molecule has 0 bridgehead atoms. The van der Waals surface area contributed by atoms with Crippen molar-refractivity contribution in [2.75, 3.05) is 26.7 Å². The lowest BCUT2D eigenvalue weighted by Crippen LogP contribution is -2.38. The normalized spacial score (nSPS) is 12.1. The van der Waals surface area contributed by atoms with Gasteiger partial charge in [-0.2, -0.15) is 13.2 Å². The van der Waals surface area contributed by atoms with Crippen LogP contribution >= 0.6 is 0 Å². The van der Waals surface area contributed by atoms with Gasteiger partial charge in [0.05, 0.1) is 20.1 Å². The molecule has 124 valence electrons. The highest BCUT2D eigenvalue weighted by Crippen LogP contribution is 2.19. The summed E-state index contributed by atoms with van der Waals surface area (Å²) in [6, 6.07) is 7.63. The Morgan fingerprint density at radius 2 is 1.95 bits per heavy atom. The van der Waals surface area contributed by atoms with Crippen LogP contribution in [0.5, 0.6) is 5.75 Å². The number of nitrogens with one attached hydrogen (secondary N) is 2. The van der Waals surface area contributed by atoms with Crippen LogP contribution in [0.25, 0.3) is 0 Å². The molecule has 0 saturated carbocycles. The molecular formula is C15H22F3N3O. The molecule has 0 saturated heterocycles. The first-order valence-electron chi connectivity index (χ1n) is 7.17. The van der Waals surface area contributed by atoms with Gasteiger partial charge >= 0.3 is 6.18 Å². The summed E-state index contributed by atoms with van der Waals surface area (Å²) in [5.41, 5.74) is 1.03. The molecule has 1 aromatic rings. The van der Waals surface area contributed by atoms with Crippen LogP contribution in [-0.4, -0.2) is 38.9 Å². The Morgan fingerprint density at radius 3 is 2.59 bits per heavy atom. The Balaban J connectivity index is 2.48. The van der Waals surface area contributed by atoms with E-state index < -0.39 is 12.6 Å². The molecule has 0 amide bonds. The average Bonchev–Trinajstić information content (AvgIpc) is 2.46. The summed E-state index contributed by atoms with van der Waals surface area (Å²) in [6.45, 7) is 2.72. The van der Waals surface area contributed by atoms with Crippen LogP contribution in [0.2, 0.25) is 0 Å². The molecule has 0 radical (unpaired) electrons. The fourth-order valence-corrected chi connectivity index (χ4v) is 1.86. The number of nitrogens with zero attached hydrogens (tertiary/aromatic N) is 1. The van der Waals surface area contributed by atoms with Crippen molar-refractivity contribution in [3.63, 3.8) is 0 Å². The van der Waals surface area contributed by atoms with Gasteiger partial charge in [-0.05, 0) is 25.0 Å². The zero-order valence-corrected chi connectivity index (χ0v) is 12.8. The van der Waals surface area contributed by atoms with E-state index in [-0.39, 0.29) is 6.54 Å². The van der Waals surface area contributed by atoms with E-state index in [9.17, 15) is 13.2 Å². The fraction of sp³-hybridized carbons (Fsp3) is 0.533. The Labute approximate surface area is 128 Å². The lowest BCUT2D eigenvalue weighted by atomic mass is 10.1. The quantitative estimate of drug-likeness (QED) is 0.600. The van der Waals surface area contributed by atoms with Gasteiger partial charge in [0.25, 0.3) is 0 Å². The lowest BCUT2D eigenvalue weighted by Gasteiger charge is -2.13. The molecule has 0 heterocycles. The molecule has 0 aliphatic heterocycles. The Morgan fingerprint density at radius 1 is 1.23 bits per heavy atom. The number of alkyl halides is 3. The van der Waals surface area contributed by atoms with E-state index in [1.54, 1.807) is 7.11 Å². The number of guanidine groups is 1. The molecule has 22 heavy (non-hydrogen) atoms. The molecule has 7 heteroatoms. The Hall–Kier alpha value is -1.92. The zero-order chi connectivity index (χ0) is 16.4. The number of rotatable bonds is 7. The SMILES string of the molecule is CCNC(=NCCC(F)(F)F)NCCc1ccccc1OC. The van der Waals surface area contributed by atoms with Crippen LogP contribution in [0.4, 0.5) is 13.2 Å². The molecule has 1 rings (SSSR count). The largest absolute Gasteiger partial charge is 0.496 e. The van der Waals surface area contributed by atoms with Crippen molar-refractivity contribution in [1.29, 1.82) is 0 Å². The first-order valence-corrected chi connectivity index (χ1v) is 7.17. The minimum Gasteiger partial charge on any atom is -0.496 e. The predicted octanol–water partition coefficient (Wildman–Crippen LogP) is 2.75. The van der Waals surface area contributed by atoms with Crippen molar-refractivity contribution in [1.82, 2.24) is 10.6 Å². The molecule has 1 aromatic carbocycles. The third kappa shape index (κ3) is 7.19. The number of aliphatic imine (C=N–C) groups is 1. The number of halogens is 3. The summed E-state index contributed by atoms with van der Waals surface area (Å²) in [6.07, 6.45) is -4.41. The molecule has 4 nitrogen and oxygen atoms in total. The van der Waals surface area contributed by atoms with Crippen LogP contribution < -0.4 is 15.4 Å². The second kappa shape index (κ2) is 9.17. The molecule has 0 aromatic heterocycles. The summed E-state index contributed by atoms with van der Waals surface area (Å²) >= 11 is 0. The second-order valence-electron chi connectivity index (χ2n) is 4.61. The van der Waals surface area contributed by atoms with E-state index in [1.165, 1.54) is 0 Å². The third-order valence-electron chi connectivity index (χ3n) is 2.89. The second-order valence-corrected chi connectivity index (χ2v) is 4.61. The van der Waals surface area contributed by atoms with Crippen LogP contribution in [0.3, 0.4) is 0 Å². The highest BCUT2D eigenvalue weighted by atomic mass is 19.4. The van der Waals surface area contributed by atoms with Gasteiger partial charge in [-0.15, -0.1) is 0 Å². The minimum absolute atomic E-state index is 0.284. The van der Waals surface area contributed by atoms with Gasteiger partial charge in [0, 0.05) is 13.1 Å². The van der Waals surface area contributed by atoms with Gasteiger partial charge in [-0.3, -0.25) is 4.99 Å². The smallest absolute Gasteiger partial charge is 0.390 e. The molecule has 0 aliphatic rings. The van der Waals surface area contributed by atoms with Crippen LogP contribution in [0.1, 0.15) is 18.9 Å². The van der Waals surface area contributed by atoms with Crippen molar-refractivity contribution in [2.24, 2.45) is 4.99 Å². The highest BCUT2D eigenvalue weighted by Gasteiger charge is 2.26. The van der Waals surface area contributed by atoms with E-state index in [1.807, 2.05) is 31.2 Å². The monoisotopic (exact) mass is 317 g/mol. The van der Waals surface area contributed by atoms with Gasteiger partial charge in [0.1, 0.15) is 5.75 Å². The topological polar surface area (TPSA) is 45.7 Å². The number of hydrogen-bond acceptors (Lipinski definition) is 2. The zero-order valence-electron chi connectivity index (χ0n) is 12.8.